The minimum Gasteiger partial charge on any atom is -0.494 e. The van der Waals surface area contributed by atoms with Gasteiger partial charge in [0.25, 0.3) is 5.91 Å². The summed E-state index contributed by atoms with van der Waals surface area (Å²) in [5.74, 6) is 0.302. The lowest BCUT2D eigenvalue weighted by atomic mass is 10.0. The second-order valence-electron chi connectivity index (χ2n) is 9.48. The number of halogens is 3. The van der Waals surface area contributed by atoms with Gasteiger partial charge in [0, 0.05) is 24.8 Å². The van der Waals surface area contributed by atoms with Crippen LogP contribution in [0, 0.1) is 6.57 Å². The minimum atomic E-state index is -4.73. The summed E-state index contributed by atoms with van der Waals surface area (Å²) < 4.78 is 46.3. The van der Waals surface area contributed by atoms with Gasteiger partial charge in [-0.15, -0.1) is 0 Å². The van der Waals surface area contributed by atoms with E-state index >= 15 is 0 Å². The summed E-state index contributed by atoms with van der Waals surface area (Å²) in [4.78, 5) is 19.0. The Hall–Kier alpha value is -3.16. The number of ether oxygens (including phenoxy) is 1. The molecular formula is C27H31F3N4O2S. The van der Waals surface area contributed by atoms with Crippen molar-refractivity contribution in [2.24, 2.45) is 0 Å². The van der Waals surface area contributed by atoms with Gasteiger partial charge in [-0.05, 0) is 75.7 Å². The van der Waals surface area contributed by atoms with Crippen molar-refractivity contribution in [2.75, 3.05) is 18.1 Å². The summed E-state index contributed by atoms with van der Waals surface area (Å²) in [6.07, 6.45) is -3.12. The maximum Gasteiger partial charge on any atom is 0.407 e. The van der Waals surface area contributed by atoms with Crippen molar-refractivity contribution in [1.29, 1.82) is 0 Å². The Morgan fingerprint density at radius 3 is 2.46 bits per heavy atom. The zero-order valence-corrected chi connectivity index (χ0v) is 22.2. The molecule has 0 saturated carbocycles. The highest BCUT2D eigenvalue weighted by Crippen LogP contribution is 2.40. The lowest BCUT2D eigenvalue weighted by Gasteiger charge is -2.29. The summed E-state index contributed by atoms with van der Waals surface area (Å²) >= 11 is 5.52. The first kappa shape index (κ1) is 28.4. The van der Waals surface area contributed by atoms with E-state index in [0.29, 0.717) is 25.6 Å². The number of benzene rings is 2. The van der Waals surface area contributed by atoms with Crippen molar-refractivity contribution < 1.29 is 22.7 Å². The standard InChI is InChI=1S/C27H31F3N4O2S/c1-6-18(2)32-17-19-8-11-21(12-9-19)36-15-7-14-33-25(37)34(24(35)26(33,3)4)20-10-13-23(31-5)22(16-20)27(28,29)30/h8-13,16,18,32H,6-7,14-15,17H2,1-4H3. The van der Waals surface area contributed by atoms with Crippen molar-refractivity contribution in [3.05, 3.63) is 65.0 Å². The molecule has 0 spiro atoms. The highest BCUT2D eigenvalue weighted by Gasteiger charge is 2.49. The first-order valence-electron chi connectivity index (χ1n) is 12.1. The number of rotatable bonds is 10. The molecule has 0 bridgehead atoms. The van der Waals surface area contributed by atoms with Gasteiger partial charge in [0.15, 0.2) is 10.8 Å². The molecule has 0 radical (unpaired) electrons. The molecule has 2 aromatic carbocycles. The zero-order valence-electron chi connectivity index (χ0n) is 21.4. The van der Waals surface area contributed by atoms with Crippen LogP contribution in [0.1, 0.15) is 51.7 Å². The van der Waals surface area contributed by atoms with E-state index in [0.717, 1.165) is 41.3 Å². The third-order valence-corrected chi connectivity index (χ3v) is 6.88. The van der Waals surface area contributed by atoms with Gasteiger partial charge in [-0.1, -0.05) is 25.1 Å². The van der Waals surface area contributed by atoms with E-state index in [-0.39, 0.29) is 10.8 Å². The maximum absolute atomic E-state index is 13.5. The number of nitrogens with one attached hydrogen (secondary N) is 1. The molecule has 1 atom stereocenters. The summed E-state index contributed by atoms with van der Waals surface area (Å²) in [6.45, 7) is 16.2. The van der Waals surface area contributed by atoms with Gasteiger partial charge < -0.3 is 15.0 Å². The zero-order chi connectivity index (χ0) is 27.4. The maximum atomic E-state index is 13.5. The number of thiocarbonyl (C=S) groups is 1. The number of carbonyl (C=O) groups excluding carboxylic acids is 1. The normalized spacial score (nSPS) is 16.2. The Morgan fingerprint density at radius 2 is 1.86 bits per heavy atom. The smallest absolute Gasteiger partial charge is 0.407 e. The number of amides is 1. The Kier molecular flexibility index (Phi) is 8.82. The van der Waals surface area contributed by atoms with Crippen LogP contribution in [0.25, 0.3) is 4.85 Å². The van der Waals surface area contributed by atoms with E-state index in [2.05, 4.69) is 24.0 Å². The van der Waals surface area contributed by atoms with Crippen molar-refractivity contribution in [3.8, 4) is 5.75 Å². The molecule has 37 heavy (non-hydrogen) atoms. The molecule has 2 aromatic rings. The molecule has 3 rings (SSSR count). The number of hydrogen-bond acceptors (Lipinski definition) is 4. The van der Waals surface area contributed by atoms with Crippen LogP contribution < -0.4 is 15.0 Å². The Morgan fingerprint density at radius 1 is 1.19 bits per heavy atom. The van der Waals surface area contributed by atoms with Crippen LogP contribution in [0.2, 0.25) is 0 Å². The molecular weight excluding hydrogens is 501 g/mol. The molecule has 1 aliphatic rings. The highest BCUT2D eigenvalue weighted by atomic mass is 32.1. The first-order chi connectivity index (χ1) is 17.4. The molecule has 1 amide bonds. The van der Waals surface area contributed by atoms with Crippen LogP contribution in [0.3, 0.4) is 0 Å². The SMILES string of the molecule is [C-]#[N+]c1ccc(N2C(=O)C(C)(C)N(CCCOc3ccc(CNC(C)CC)cc3)C2=S)cc1C(F)(F)F. The van der Waals surface area contributed by atoms with Gasteiger partial charge >= 0.3 is 6.18 Å². The molecule has 0 aliphatic carbocycles. The monoisotopic (exact) mass is 532 g/mol. The van der Waals surface area contributed by atoms with Gasteiger partial charge in [-0.25, -0.2) is 4.85 Å². The first-order valence-corrected chi connectivity index (χ1v) is 12.5. The van der Waals surface area contributed by atoms with E-state index in [1.165, 1.54) is 6.07 Å². The molecule has 1 saturated heterocycles. The fraction of sp³-hybridized carbons (Fsp3) is 0.444. The highest BCUT2D eigenvalue weighted by molar-refractivity contribution is 7.80. The van der Waals surface area contributed by atoms with Gasteiger partial charge in [0.2, 0.25) is 0 Å². The van der Waals surface area contributed by atoms with Crippen LogP contribution in [0.5, 0.6) is 5.75 Å². The third-order valence-electron chi connectivity index (χ3n) is 6.47. The number of hydrogen-bond donors (Lipinski definition) is 1. The predicted octanol–water partition coefficient (Wildman–Crippen LogP) is 6.33. The summed E-state index contributed by atoms with van der Waals surface area (Å²) in [7, 11) is 0. The second kappa shape index (κ2) is 11.5. The molecule has 10 heteroatoms. The summed E-state index contributed by atoms with van der Waals surface area (Å²) in [6, 6.07) is 11.5. The molecule has 1 heterocycles. The predicted molar refractivity (Wildman–Crippen MR) is 142 cm³/mol. The molecule has 198 valence electrons. The lowest BCUT2D eigenvalue weighted by molar-refractivity contribution is -0.136. The van der Waals surface area contributed by atoms with Crippen molar-refractivity contribution >= 4 is 34.6 Å². The van der Waals surface area contributed by atoms with Crippen LogP contribution in [0.4, 0.5) is 24.5 Å². The average Bonchev–Trinajstić information content (AvgIpc) is 3.03. The topological polar surface area (TPSA) is 49.2 Å². The van der Waals surface area contributed by atoms with Gasteiger partial charge in [-0.2, -0.15) is 13.2 Å². The Bertz CT molecular complexity index is 1180. The van der Waals surface area contributed by atoms with Gasteiger partial charge in [0.05, 0.1) is 18.7 Å². The van der Waals surface area contributed by atoms with Crippen molar-refractivity contribution in [1.82, 2.24) is 10.2 Å². The van der Waals surface area contributed by atoms with Crippen LogP contribution in [0.15, 0.2) is 42.5 Å². The van der Waals surface area contributed by atoms with Crippen molar-refractivity contribution in [2.45, 2.75) is 64.8 Å². The number of carbonyl (C=O) groups is 1. The lowest BCUT2D eigenvalue weighted by Crippen LogP contribution is -2.44. The molecule has 1 N–H and O–H groups in total. The molecule has 1 unspecified atom stereocenters. The van der Waals surface area contributed by atoms with Gasteiger partial charge in [0.1, 0.15) is 11.3 Å². The van der Waals surface area contributed by atoms with E-state index in [1.807, 2.05) is 24.3 Å². The molecule has 0 aromatic heterocycles. The Labute approximate surface area is 221 Å². The number of nitrogens with zero attached hydrogens (tertiary/aromatic N) is 3. The summed E-state index contributed by atoms with van der Waals surface area (Å²) in [5, 5.41) is 3.56. The number of alkyl halides is 3. The van der Waals surface area contributed by atoms with Crippen LogP contribution >= 0.6 is 12.2 Å². The third kappa shape index (κ3) is 6.40. The van der Waals surface area contributed by atoms with E-state index in [9.17, 15) is 18.0 Å². The Balaban J connectivity index is 1.63. The van der Waals surface area contributed by atoms with Crippen molar-refractivity contribution in [3.63, 3.8) is 0 Å². The minimum absolute atomic E-state index is 0.00976. The van der Waals surface area contributed by atoms with E-state index < -0.39 is 28.9 Å². The average molecular weight is 533 g/mol. The van der Waals surface area contributed by atoms with Crippen LogP contribution in [-0.4, -0.2) is 40.7 Å². The van der Waals surface area contributed by atoms with E-state index in [1.54, 1.807) is 18.7 Å². The summed E-state index contributed by atoms with van der Waals surface area (Å²) in [5.41, 5.74) is -1.51. The second-order valence-corrected chi connectivity index (χ2v) is 9.85. The fourth-order valence-electron chi connectivity index (χ4n) is 3.98. The van der Waals surface area contributed by atoms with Gasteiger partial charge in [-0.3, -0.25) is 9.69 Å². The molecule has 1 aliphatic heterocycles. The molecule has 1 fully saturated rings. The fourth-order valence-corrected chi connectivity index (χ4v) is 4.49. The largest absolute Gasteiger partial charge is 0.494 e. The number of anilines is 1. The van der Waals surface area contributed by atoms with Crippen LogP contribution in [-0.2, 0) is 17.5 Å². The molecule has 6 nitrogen and oxygen atoms in total. The quantitative estimate of drug-likeness (QED) is 0.220. The van der Waals surface area contributed by atoms with E-state index in [4.69, 9.17) is 23.5 Å².